The van der Waals surface area contributed by atoms with Crippen molar-refractivity contribution in [1.82, 2.24) is 20.5 Å². The lowest BCUT2D eigenvalue weighted by molar-refractivity contribution is 0.683. The van der Waals surface area contributed by atoms with E-state index < -0.39 is 0 Å². The second-order valence-corrected chi connectivity index (χ2v) is 5.23. The van der Waals surface area contributed by atoms with E-state index in [-0.39, 0.29) is 5.56 Å². The Hall–Kier alpha value is -2.40. The van der Waals surface area contributed by atoms with Crippen molar-refractivity contribution in [1.29, 1.82) is 0 Å². The van der Waals surface area contributed by atoms with Crippen LogP contribution in [0.2, 0.25) is 0 Å². The van der Waals surface area contributed by atoms with Gasteiger partial charge in [-0.15, -0.1) is 0 Å². The molecule has 0 aliphatic heterocycles. The van der Waals surface area contributed by atoms with E-state index >= 15 is 0 Å². The second-order valence-electron chi connectivity index (χ2n) is 5.23. The second kappa shape index (κ2) is 5.54. The molecular formula is C16H18N4O. The fourth-order valence-electron chi connectivity index (χ4n) is 2.48. The van der Waals surface area contributed by atoms with Crippen LogP contribution in [0.1, 0.15) is 22.5 Å². The average Bonchev–Trinajstić information content (AvgIpc) is 2.79. The topological polar surface area (TPSA) is 73.6 Å². The molecule has 0 atom stereocenters. The van der Waals surface area contributed by atoms with Gasteiger partial charge in [0.2, 0.25) is 0 Å². The molecule has 3 rings (SSSR count). The molecule has 5 nitrogen and oxygen atoms in total. The van der Waals surface area contributed by atoms with Crippen LogP contribution in [0.3, 0.4) is 0 Å². The number of nitrogens with one attached hydrogen (secondary N) is 3. The summed E-state index contributed by atoms with van der Waals surface area (Å²) in [5.74, 6) is 0. The van der Waals surface area contributed by atoms with Crippen LogP contribution in [-0.4, -0.2) is 15.2 Å². The van der Waals surface area contributed by atoms with E-state index in [2.05, 4.69) is 20.5 Å². The first-order chi connectivity index (χ1) is 10.1. The summed E-state index contributed by atoms with van der Waals surface area (Å²) in [6, 6.07) is 9.73. The van der Waals surface area contributed by atoms with E-state index in [1.807, 2.05) is 44.2 Å². The summed E-state index contributed by atoms with van der Waals surface area (Å²) in [4.78, 5) is 15.0. The number of pyridine rings is 1. The Bertz CT molecular complexity index is 812. The molecule has 5 heteroatoms. The van der Waals surface area contributed by atoms with Crippen molar-refractivity contribution in [2.45, 2.75) is 26.9 Å². The first-order valence-electron chi connectivity index (χ1n) is 6.97. The van der Waals surface area contributed by atoms with E-state index in [1.54, 1.807) is 0 Å². The Balaban J connectivity index is 1.76. The molecule has 0 radical (unpaired) electrons. The maximum absolute atomic E-state index is 12.0. The molecule has 3 N–H and O–H groups in total. The number of nitrogens with zero attached hydrogens (tertiary/aromatic N) is 1. The van der Waals surface area contributed by atoms with E-state index in [0.29, 0.717) is 13.1 Å². The predicted molar refractivity (Wildman–Crippen MR) is 83.2 cm³/mol. The van der Waals surface area contributed by atoms with Gasteiger partial charge in [-0.25, -0.2) is 0 Å². The molecule has 0 saturated carbocycles. The molecule has 0 unspecified atom stereocenters. The van der Waals surface area contributed by atoms with Gasteiger partial charge in [-0.1, -0.05) is 18.2 Å². The van der Waals surface area contributed by atoms with Gasteiger partial charge in [0.1, 0.15) is 0 Å². The number of aromatic amines is 2. The fourth-order valence-corrected chi connectivity index (χ4v) is 2.48. The highest BCUT2D eigenvalue weighted by Crippen LogP contribution is 2.11. The summed E-state index contributed by atoms with van der Waals surface area (Å²) >= 11 is 0. The van der Waals surface area contributed by atoms with E-state index in [0.717, 1.165) is 33.4 Å². The number of fused-ring (bicyclic) bond motifs is 1. The van der Waals surface area contributed by atoms with Gasteiger partial charge in [0.25, 0.3) is 5.56 Å². The highest BCUT2D eigenvalue weighted by Gasteiger charge is 2.07. The molecule has 21 heavy (non-hydrogen) atoms. The molecule has 2 heterocycles. The van der Waals surface area contributed by atoms with Gasteiger partial charge >= 0.3 is 0 Å². The lowest BCUT2D eigenvalue weighted by Crippen LogP contribution is -2.21. The minimum atomic E-state index is -0.0400. The normalized spacial score (nSPS) is 11.1. The fraction of sp³-hybridized carbons (Fsp3) is 0.250. The summed E-state index contributed by atoms with van der Waals surface area (Å²) in [5.41, 5.74) is 4.79. The average molecular weight is 282 g/mol. The largest absolute Gasteiger partial charge is 0.322 e. The molecule has 0 aliphatic rings. The monoisotopic (exact) mass is 282 g/mol. The van der Waals surface area contributed by atoms with Crippen LogP contribution in [0.4, 0.5) is 0 Å². The van der Waals surface area contributed by atoms with Crippen molar-refractivity contribution < 1.29 is 0 Å². The summed E-state index contributed by atoms with van der Waals surface area (Å²) in [6.07, 6.45) is 0. The Morgan fingerprint density at radius 3 is 2.76 bits per heavy atom. The van der Waals surface area contributed by atoms with Gasteiger partial charge < -0.3 is 10.3 Å². The van der Waals surface area contributed by atoms with Gasteiger partial charge in [-0.05, 0) is 31.4 Å². The van der Waals surface area contributed by atoms with E-state index in [1.165, 1.54) is 0 Å². The third-order valence-electron chi connectivity index (χ3n) is 3.73. The van der Waals surface area contributed by atoms with Crippen LogP contribution >= 0.6 is 0 Å². The summed E-state index contributed by atoms with van der Waals surface area (Å²) in [7, 11) is 0. The molecule has 0 amide bonds. The zero-order valence-electron chi connectivity index (χ0n) is 12.2. The molecule has 0 fully saturated rings. The maximum Gasteiger partial charge on any atom is 0.252 e. The van der Waals surface area contributed by atoms with E-state index in [4.69, 9.17) is 0 Å². The minimum absolute atomic E-state index is 0.0400. The minimum Gasteiger partial charge on any atom is -0.322 e. The van der Waals surface area contributed by atoms with Crippen molar-refractivity contribution in [2.75, 3.05) is 0 Å². The molecular weight excluding hydrogens is 264 g/mol. The Morgan fingerprint density at radius 2 is 2.00 bits per heavy atom. The lowest BCUT2D eigenvalue weighted by Gasteiger charge is -2.06. The first-order valence-corrected chi connectivity index (χ1v) is 6.97. The summed E-state index contributed by atoms with van der Waals surface area (Å²) < 4.78 is 0. The predicted octanol–water partition coefficient (Wildman–Crippen LogP) is 2.16. The molecule has 0 aliphatic carbocycles. The quantitative estimate of drug-likeness (QED) is 0.686. The summed E-state index contributed by atoms with van der Waals surface area (Å²) in [6.45, 7) is 5.20. The number of rotatable bonds is 4. The van der Waals surface area contributed by atoms with Crippen molar-refractivity contribution >= 4 is 10.9 Å². The van der Waals surface area contributed by atoms with Crippen LogP contribution in [0.15, 0.2) is 35.1 Å². The Morgan fingerprint density at radius 1 is 1.19 bits per heavy atom. The zero-order chi connectivity index (χ0) is 14.8. The van der Waals surface area contributed by atoms with Gasteiger partial charge in [-0.2, -0.15) is 5.10 Å². The van der Waals surface area contributed by atoms with Crippen molar-refractivity contribution in [3.05, 3.63) is 63.2 Å². The van der Waals surface area contributed by atoms with Gasteiger partial charge in [0, 0.05) is 35.4 Å². The molecule has 1 aromatic carbocycles. The van der Waals surface area contributed by atoms with Crippen LogP contribution in [0.5, 0.6) is 0 Å². The van der Waals surface area contributed by atoms with Crippen molar-refractivity contribution in [3.8, 4) is 0 Å². The number of para-hydroxylation sites is 1. The molecule has 0 saturated heterocycles. The third kappa shape index (κ3) is 2.73. The smallest absolute Gasteiger partial charge is 0.252 e. The van der Waals surface area contributed by atoms with Crippen molar-refractivity contribution in [3.63, 3.8) is 0 Å². The van der Waals surface area contributed by atoms with Crippen LogP contribution in [-0.2, 0) is 13.1 Å². The van der Waals surface area contributed by atoms with Crippen LogP contribution in [0, 0.1) is 13.8 Å². The number of hydrogen-bond acceptors (Lipinski definition) is 3. The molecule has 0 bridgehead atoms. The highest BCUT2D eigenvalue weighted by molar-refractivity contribution is 5.78. The zero-order valence-corrected chi connectivity index (χ0v) is 12.2. The maximum atomic E-state index is 12.0. The highest BCUT2D eigenvalue weighted by atomic mass is 16.1. The van der Waals surface area contributed by atoms with Crippen molar-refractivity contribution in [2.24, 2.45) is 0 Å². The molecule has 2 aromatic heterocycles. The number of H-pyrrole nitrogens is 2. The Labute approximate surface area is 122 Å². The van der Waals surface area contributed by atoms with Crippen LogP contribution < -0.4 is 10.9 Å². The Kier molecular flexibility index (Phi) is 3.58. The van der Waals surface area contributed by atoms with Gasteiger partial charge in [0.05, 0.1) is 5.69 Å². The number of hydrogen-bond donors (Lipinski definition) is 3. The number of benzene rings is 1. The van der Waals surface area contributed by atoms with Gasteiger partial charge in [0.15, 0.2) is 0 Å². The van der Waals surface area contributed by atoms with Gasteiger partial charge in [-0.3, -0.25) is 9.89 Å². The third-order valence-corrected chi connectivity index (χ3v) is 3.73. The lowest BCUT2D eigenvalue weighted by atomic mass is 10.1. The first kappa shape index (κ1) is 13.6. The van der Waals surface area contributed by atoms with E-state index in [9.17, 15) is 4.79 Å². The molecule has 3 aromatic rings. The SMILES string of the molecule is Cc1n[nH]c(C)c1CNCc1cc2ccccc2[nH]c1=O. The van der Waals surface area contributed by atoms with Crippen LogP contribution in [0.25, 0.3) is 10.9 Å². The standard InChI is InChI=1S/C16H18N4O/c1-10-14(11(2)20-19-10)9-17-8-13-7-12-5-3-4-6-15(12)18-16(13)21/h3-7,17H,8-9H2,1-2H3,(H,18,21)(H,19,20). The number of aryl methyl sites for hydroxylation is 2. The molecule has 108 valence electrons. The summed E-state index contributed by atoms with van der Waals surface area (Å²) in [5, 5.41) is 11.5. The number of aromatic nitrogens is 3. The molecule has 0 spiro atoms.